The summed E-state index contributed by atoms with van der Waals surface area (Å²) in [7, 11) is 0. The molecule has 56 heavy (non-hydrogen) atoms. The molecule has 2 heteroatoms. The Balaban J connectivity index is 1.10. The van der Waals surface area contributed by atoms with Crippen LogP contribution in [0.2, 0.25) is 0 Å². The van der Waals surface area contributed by atoms with E-state index in [1.165, 1.54) is 66.8 Å². The van der Waals surface area contributed by atoms with Crippen molar-refractivity contribution in [3.63, 3.8) is 0 Å². The Bertz CT molecular complexity index is 2900. The van der Waals surface area contributed by atoms with Crippen LogP contribution in [0.1, 0.15) is 49.9 Å². The summed E-state index contributed by atoms with van der Waals surface area (Å²) in [5.74, 6) is 0. The fraction of sp³-hybridized carbons (Fsp3) is 0.111. The number of rotatable bonds is 5. The molecule has 8 aromatic carbocycles. The van der Waals surface area contributed by atoms with Crippen LogP contribution in [0, 0.1) is 0 Å². The first-order valence-corrected chi connectivity index (χ1v) is 19.7. The van der Waals surface area contributed by atoms with Gasteiger partial charge in [-0.05, 0) is 115 Å². The van der Waals surface area contributed by atoms with Crippen molar-refractivity contribution in [2.75, 3.05) is 4.90 Å². The third-order valence-electron chi connectivity index (χ3n) is 12.6. The SMILES string of the molecule is CC1(C)c2ccccc2-c2cccc(-c3cccc(N(c4cccc(-c5cccc6c5C(C)(C)c5ccccc5-6)c4)c4ccc5oc6ccccc6c5c4)c3)c21. The number of fused-ring (bicyclic) bond motifs is 9. The van der Waals surface area contributed by atoms with Crippen LogP contribution in [0.15, 0.2) is 180 Å². The van der Waals surface area contributed by atoms with E-state index in [0.29, 0.717) is 0 Å². The molecule has 0 atom stereocenters. The average molecular weight is 720 g/mol. The maximum Gasteiger partial charge on any atom is 0.135 e. The zero-order valence-electron chi connectivity index (χ0n) is 32.1. The predicted molar refractivity (Wildman–Crippen MR) is 234 cm³/mol. The molecule has 2 aliphatic rings. The van der Waals surface area contributed by atoms with E-state index in [2.05, 4.69) is 202 Å². The van der Waals surface area contributed by atoms with Crippen molar-refractivity contribution in [3.05, 3.63) is 198 Å². The lowest BCUT2D eigenvalue weighted by atomic mass is 9.79. The molecule has 1 heterocycles. The van der Waals surface area contributed by atoms with E-state index in [1.807, 2.05) is 6.07 Å². The van der Waals surface area contributed by atoms with Crippen molar-refractivity contribution in [1.82, 2.24) is 0 Å². The highest BCUT2D eigenvalue weighted by atomic mass is 16.3. The van der Waals surface area contributed by atoms with E-state index >= 15 is 0 Å². The summed E-state index contributed by atoms with van der Waals surface area (Å²) in [6.07, 6.45) is 0. The largest absolute Gasteiger partial charge is 0.456 e. The molecule has 0 saturated heterocycles. The van der Waals surface area contributed by atoms with Gasteiger partial charge in [0, 0.05) is 38.7 Å². The van der Waals surface area contributed by atoms with Gasteiger partial charge in [-0.15, -0.1) is 0 Å². The molecule has 0 amide bonds. The number of para-hydroxylation sites is 1. The highest BCUT2D eigenvalue weighted by Gasteiger charge is 2.38. The number of hydrogen-bond donors (Lipinski definition) is 0. The average Bonchev–Trinajstić information content (AvgIpc) is 3.81. The van der Waals surface area contributed by atoms with Crippen LogP contribution in [0.25, 0.3) is 66.4 Å². The van der Waals surface area contributed by atoms with E-state index in [0.717, 1.165) is 39.0 Å². The van der Waals surface area contributed by atoms with Gasteiger partial charge in [0.1, 0.15) is 11.2 Å². The van der Waals surface area contributed by atoms with Gasteiger partial charge in [-0.2, -0.15) is 0 Å². The maximum absolute atomic E-state index is 6.31. The first kappa shape index (κ1) is 32.8. The minimum absolute atomic E-state index is 0.122. The Kier molecular flexibility index (Phi) is 6.98. The van der Waals surface area contributed by atoms with Crippen LogP contribution in [0.3, 0.4) is 0 Å². The van der Waals surface area contributed by atoms with Crippen LogP contribution < -0.4 is 4.90 Å². The van der Waals surface area contributed by atoms with E-state index in [1.54, 1.807) is 0 Å². The van der Waals surface area contributed by atoms with Crippen molar-refractivity contribution in [1.29, 1.82) is 0 Å². The van der Waals surface area contributed by atoms with Gasteiger partial charge in [-0.25, -0.2) is 0 Å². The highest BCUT2D eigenvalue weighted by molar-refractivity contribution is 6.06. The fourth-order valence-electron chi connectivity index (χ4n) is 10.1. The van der Waals surface area contributed by atoms with Gasteiger partial charge in [-0.3, -0.25) is 0 Å². The molecule has 0 unspecified atom stereocenters. The number of furan rings is 1. The Morgan fingerprint density at radius 2 is 0.804 bits per heavy atom. The number of benzene rings is 8. The van der Waals surface area contributed by atoms with Crippen molar-refractivity contribution in [2.24, 2.45) is 0 Å². The van der Waals surface area contributed by atoms with Crippen LogP contribution in [-0.4, -0.2) is 0 Å². The second-order valence-electron chi connectivity index (χ2n) is 16.5. The third-order valence-corrected chi connectivity index (χ3v) is 12.6. The highest BCUT2D eigenvalue weighted by Crippen LogP contribution is 2.54. The molecule has 0 spiro atoms. The minimum atomic E-state index is -0.122. The van der Waals surface area contributed by atoms with Crippen molar-refractivity contribution in [3.8, 4) is 44.5 Å². The van der Waals surface area contributed by atoms with Crippen LogP contribution in [-0.2, 0) is 10.8 Å². The summed E-state index contributed by atoms with van der Waals surface area (Å²) in [4.78, 5) is 2.42. The van der Waals surface area contributed by atoms with Crippen molar-refractivity contribution >= 4 is 39.0 Å². The lowest BCUT2D eigenvalue weighted by molar-refractivity contribution is 0.662. The summed E-state index contributed by atoms with van der Waals surface area (Å²) in [5.41, 5.74) is 20.7. The Morgan fingerprint density at radius 3 is 1.39 bits per heavy atom. The number of nitrogens with zero attached hydrogens (tertiary/aromatic N) is 1. The summed E-state index contributed by atoms with van der Waals surface area (Å²) >= 11 is 0. The summed E-state index contributed by atoms with van der Waals surface area (Å²) in [5, 5.41) is 2.23. The normalized spacial score (nSPS) is 14.4. The Hall–Kier alpha value is -6.64. The molecule has 0 aliphatic heterocycles. The van der Waals surface area contributed by atoms with E-state index in [9.17, 15) is 0 Å². The molecular formula is C54H41NO. The molecule has 2 nitrogen and oxygen atoms in total. The Morgan fingerprint density at radius 1 is 0.357 bits per heavy atom. The standard InChI is InChI=1S/C54H41NO/c1-53(2)47-26-8-5-19-41(47)44-24-13-22-39(51(44)53)34-15-11-17-36(31-34)55(38-29-30-50-46(33-38)43-21-7-10-28-49(43)56-50)37-18-12-16-35(32-37)40-23-14-25-45-42-20-6-9-27-48(42)54(3,4)52(40)45/h5-33H,1-4H3. The van der Waals surface area contributed by atoms with Gasteiger partial charge < -0.3 is 9.32 Å². The molecule has 11 rings (SSSR count). The fourth-order valence-corrected chi connectivity index (χ4v) is 10.1. The van der Waals surface area contributed by atoms with E-state index < -0.39 is 0 Å². The number of anilines is 3. The molecule has 0 N–H and O–H groups in total. The van der Waals surface area contributed by atoms with E-state index in [4.69, 9.17) is 4.42 Å². The van der Waals surface area contributed by atoms with Crippen LogP contribution in [0.4, 0.5) is 17.1 Å². The summed E-state index contributed by atoms with van der Waals surface area (Å²) in [6.45, 7) is 9.47. The van der Waals surface area contributed by atoms with Crippen LogP contribution in [0.5, 0.6) is 0 Å². The first-order chi connectivity index (χ1) is 27.3. The molecule has 2 aliphatic carbocycles. The second-order valence-corrected chi connectivity index (χ2v) is 16.5. The monoisotopic (exact) mass is 719 g/mol. The molecule has 0 bridgehead atoms. The van der Waals surface area contributed by atoms with Gasteiger partial charge in [0.2, 0.25) is 0 Å². The minimum Gasteiger partial charge on any atom is -0.456 e. The lowest BCUT2D eigenvalue weighted by Crippen LogP contribution is -2.16. The topological polar surface area (TPSA) is 16.4 Å². The van der Waals surface area contributed by atoms with E-state index in [-0.39, 0.29) is 10.8 Å². The van der Waals surface area contributed by atoms with Gasteiger partial charge in [0.25, 0.3) is 0 Å². The van der Waals surface area contributed by atoms with Gasteiger partial charge in [-0.1, -0.05) is 155 Å². The second kappa shape index (κ2) is 11.9. The molecular weight excluding hydrogens is 679 g/mol. The van der Waals surface area contributed by atoms with Crippen LogP contribution >= 0.6 is 0 Å². The zero-order chi connectivity index (χ0) is 37.8. The number of hydrogen-bond acceptors (Lipinski definition) is 2. The molecule has 1 aromatic heterocycles. The van der Waals surface area contributed by atoms with Gasteiger partial charge in [0.05, 0.1) is 0 Å². The third kappa shape index (κ3) is 4.69. The van der Waals surface area contributed by atoms with Crippen molar-refractivity contribution in [2.45, 2.75) is 38.5 Å². The van der Waals surface area contributed by atoms with Gasteiger partial charge in [0.15, 0.2) is 0 Å². The first-order valence-electron chi connectivity index (χ1n) is 19.7. The van der Waals surface area contributed by atoms with Crippen molar-refractivity contribution < 1.29 is 4.42 Å². The smallest absolute Gasteiger partial charge is 0.135 e. The van der Waals surface area contributed by atoms with Gasteiger partial charge >= 0.3 is 0 Å². The molecule has 9 aromatic rings. The lowest BCUT2D eigenvalue weighted by Gasteiger charge is -2.28. The molecule has 0 fully saturated rings. The zero-order valence-corrected chi connectivity index (χ0v) is 32.1. The molecule has 0 saturated carbocycles. The quantitative estimate of drug-likeness (QED) is 0.176. The maximum atomic E-state index is 6.31. The Labute approximate surface area is 328 Å². The summed E-state index contributed by atoms with van der Waals surface area (Å²) in [6, 6.07) is 64.6. The molecule has 268 valence electrons. The molecule has 0 radical (unpaired) electrons. The predicted octanol–water partition coefficient (Wildman–Crippen LogP) is 15.0. The summed E-state index contributed by atoms with van der Waals surface area (Å²) < 4.78 is 6.31.